The number of aliphatic carboxylic acids is 1. The van der Waals surface area contributed by atoms with Crippen molar-refractivity contribution < 1.29 is 9.90 Å². The van der Waals surface area contributed by atoms with Gasteiger partial charge in [0.05, 0.1) is 5.57 Å². The van der Waals surface area contributed by atoms with Gasteiger partial charge in [0.25, 0.3) is 0 Å². The van der Waals surface area contributed by atoms with Crippen LogP contribution in [0.2, 0.25) is 0 Å². The average Bonchev–Trinajstić information content (AvgIpc) is 2.09. The van der Waals surface area contributed by atoms with E-state index in [1.165, 1.54) is 6.08 Å². The van der Waals surface area contributed by atoms with Gasteiger partial charge in [-0.1, -0.05) is 24.3 Å². The summed E-state index contributed by atoms with van der Waals surface area (Å²) in [6.45, 7) is 1.68. The lowest BCUT2D eigenvalue weighted by atomic mass is 10.0. The molecule has 1 aromatic carbocycles. The van der Waals surface area contributed by atoms with E-state index < -0.39 is 5.97 Å². The number of nitrogens with two attached hydrogens (primary N) is 1. The molecule has 0 spiro atoms. The van der Waals surface area contributed by atoms with Crippen molar-refractivity contribution in [1.29, 1.82) is 0 Å². The molecule has 0 fully saturated rings. The minimum Gasteiger partial charge on any atom is -0.478 e. The van der Waals surface area contributed by atoms with Crippen molar-refractivity contribution in [3.05, 3.63) is 35.9 Å². The van der Waals surface area contributed by atoms with Crippen molar-refractivity contribution in [3.63, 3.8) is 0 Å². The maximum atomic E-state index is 10.8. The molecule has 0 saturated heterocycles. The molecule has 0 atom stereocenters. The zero-order valence-electron chi connectivity index (χ0n) is 7.32. The fraction of sp³-hybridized carbons (Fsp3) is 0.100. The van der Waals surface area contributed by atoms with Crippen LogP contribution in [0.4, 0.5) is 5.69 Å². The Balaban J connectivity index is 3.21. The van der Waals surface area contributed by atoms with Crippen molar-refractivity contribution in [3.8, 4) is 0 Å². The Hall–Kier alpha value is -1.77. The first-order chi connectivity index (χ1) is 6.16. The Morgan fingerprint density at radius 2 is 2.08 bits per heavy atom. The minimum absolute atomic E-state index is 0.234. The van der Waals surface area contributed by atoms with Crippen molar-refractivity contribution in [2.24, 2.45) is 0 Å². The first kappa shape index (κ1) is 9.32. The van der Waals surface area contributed by atoms with Crippen molar-refractivity contribution >= 4 is 17.2 Å². The van der Waals surface area contributed by atoms with Gasteiger partial charge in [-0.3, -0.25) is 0 Å². The fourth-order valence-electron chi connectivity index (χ4n) is 1.14. The molecule has 0 aliphatic rings. The first-order valence-corrected chi connectivity index (χ1v) is 3.91. The van der Waals surface area contributed by atoms with Crippen LogP contribution in [0, 0.1) is 0 Å². The average molecular weight is 177 g/mol. The number of para-hydroxylation sites is 1. The number of carboxylic acid groups (broad SMARTS) is 1. The molecular weight excluding hydrogens is 166 g/mol. The van der Waals surface area contributed by atoms with E-state index in [1.54, 1.807) is 31.2 Å². The minimum atomic E-state index is -0.958. The van der Waals surface area contributed by atoms with Crippen LogP contribution in [-0.4, -0.2) is 11.1 Å². The summed E-state index contributed by atoms with van der Waals surface area (Å²) < 4.78 is 0. The Bertz CT molecular complexity index is 356. The number of nitrogen functional groups attached to an aromatic ring is 1. The summed E-state index contributed by atoms with van der Waals surface area (Å²) in [6, 6.07) is 6.91. The fourth-order valence-corrected chi connectivity index (χ4v) is 1.14. The predicted octanol–water partition coefficient (Wildman–Crippen LogP) is 1.76. The molecule has 0 amide bonds. The highest BCUT2D eigenvalue weighted by molar-refractivity contribution is 6.16. The Labute approximate surface area is 76.5 Å². The van der Waals surface area contributed by atoms with E-state index in [0.29, 0.717) is 11.3 Å². The summed E-state index contributed by atoms with van der Waals surface area (Å²) in [6.07, 6.45) is 1.54. The third kappa shape index (κ3) is 1.87. The van der Waals surface area contributed by atoms with E-state index in [-0.39, 0.29) is 5.57 Å². The van der Waals surface area contributed by atoms with Crippen LogP contribution in [-0.2, 0) is 4.79 Å². The molecule has 0 unspecified atom stereocenters. The van der Waals surface area contributed by atoms with Crippen LogP contribution >= 0.6 is 0 Å². The largest absolute Gasteiger partial charge is 0.478 e. The molecule has 0 aromatic heterocycles. The number of rotatable bonds is 2. The number of benzene rings is 1. The molecule has 0 saturated carbocycles. The van der Waals surface area contributed by atoms with Crippen LogP contribution in [0.3, 0.4) is 0 Å². The number of hydrogen-bond acceptors (Lipinski definition) is 2. The predicted molar refractivity (Wildman–Crippen MR) is 52.1 cm³/mol. The summed E-state index contributed by atoms with van der Waals surface area (Å²) in [5.41, 5.74) is 6.92. The summed E-state index contributed by atoms with van der Waals surface area (Å²) in [7, 11) is 0. The summed E-state index contributed by atoms with van der Waals surface area (Å²) >= 11 is 0. The summed E-state index contributed by atoms with van der Waals surface area (Å²) in [5.74, 6) is -0.958. The number of carboxylic acids is 1. The second-order valence-electron chi connectivity index (χ2n) is 2.59. The third-order valence-electron chi connectivity index (χ3n) is 1.77. The lowest BCUT2D eigenvalue weighted by Gasteiger charge is -2.04. The molecule has 13 heavy (non-hydrogen) atoms. The van der Waals surface area contributed by atoms with Gasteiger partial charge in [0.2, 0.25) is 0 Å². The molecule has 0 radical (unpaired) electrons. The molecule has 3 N–H and O–H groups in total. The third-order valence-corrected chi connectivity index (χ3v) is 1.77. The van der Waals surface area contributed by atoms with E-state index in [4.69, 9.17) is 10.8 Å². The quantitative estimate of drug-likeness (QED) is 0.534. The Kier molecular flexibility index (Phi) is 2.69. The molecule has 3 nitrogen and oxygen atoms in total. The van der Waals surface area contributed by atoms with E-state index in [1.807, 2.05) is 0 Å². The van der Waals surface area contributed by atoms with Gasteiger partial charge in [-0.25, -0.2) is 4.79 Å². The second-order valence-corrected chi connectivity index (χ2v) is 2.59. The maximum absolute atomic E-state index is 10.8. The van der Waals surface area contributed by atoms with Crippen molar-refractivity contribution in [2.75, 3.05) is 5.73 Å². The molecule has 0 heterocycles. The van der Waals surface area contributed by atoms with Gasteiger partial charge in [0.1, 0.15) is 0 Å². The van der Waals surface area contributed by atoms with E-state index >= 15 is 0 Å². The molecule has 68 valence electrons. The SMILES string of the molecule is CC=C(C(=O)O)c1ccccc1N. The van der Waals surface area contributed by atoms with Crippen LogP contribution in [0.5, 0.6) is 0 Å². The van der Waals surface area contributed by atoms with Gasteiger partial charge in [-0.05, 0) is 13.0 Å². The number of carbonyl (C=O) groups is 1. The van der Waals surface area contributed by atoms with Crippen LogP contribution in [0.15, 0.2) is 30.3 Å². The van der Waals surface area contributed by atoms with E-state index in [9.17, 15) is 4.79 Å². The highest BCUT2D eigenvalue weighted by atomic mass is 16.4. The number of allylic oxidation sites excluding steroid dienone is 1. The second kappa shape index (κ2) is 3.76. The molecule has 0 bridgehead atoms. The van der Waals surface area contributed by atoms with E-state index in [0.717, 1.165) is 0 Å². The molecule has 1 rings (SSSR count). The zero-order chi connectivity index (χ0) is 9.84. The van der Waals surface area contributed by atoms with Crippen molar-refractivity contribution in [2.45, 2.75) is 6.92 Å². The molecule has 0 aliphatic carbocycles. The highest BCUT2D eigenvalue weighted by Gasteiger charge is 2.10. The van der Waals surface area contributed by atoms with Gasteiger partial charge in [0.15, 0.2) is 0 Å². The van der Waals surface area contributed by atoms with Gasteiger partial charge >= 0.3 is 5.97 Å². The van der Waals surface area contributed by atoms with Gasteiger partial charge in [0, 0.05) is 11.3 Å². The lowest BCUT2D eigenvalue weighted by molar-refractivity contribution is -0.130. The van der Waals surface area contributed by atoms with Gasteiger partial charge < -0.3 is 10.8 Å². The maximum Gasteiger partial charge on any atom is 0.336 e. The first-order valence-electron chi connectivity index (χ1n) is 3.91. The van der Waals surface area contributed by atoms with E-state index in [2.05, 4.69) is 0 Å². The lowest BCUT2D eigenvalue weighted by Crippen LogP contribution is -2.02. The summed E-state index contributed by atoms with van der Waals surface area (Å²) in [5, 5.41) is 8.83. The Morgan fingerprint density at radius 3 is 2.54 bits per heavy atom. The smallest absolute Gasteiger partial charge is 0.336 e. The molecule has 1 aromatic rings. The summed E-state index contributed by atoms with van der Waals surface area (Å²) in [4.78, 5) is 10.8. The van der Waals surface area contributed by atoms with Crippen LogP contribution < -0.4 is 5.73 Å². The molecule has 3 heteroatoms. The Morgan fingerprint density at radius 1 is 1.46 bits per heavy atom. The van der Waals surface area contributed by atoms with Crippen LogP contribution in [0.1, 0.15) is 12.5 Å². The molecule has 0 aliphatic heterocycles. The van der Waals surface area contributed by atoms with Gasteiger partial charge in [-0.15, -0.1) is 0 Å². The normalized spacial score (nSPS) is 11.3. The standard InChI is InChI=1S/C10H11NO2/c1-2-7(10(12)13)8-5-3-4-6-9(8)11/h2-6H,11H2,1H3,(H,12,13). The number of hydrogen-bond donors (Lipinski definition) is 2. The number of anilines is 1. The highest BCUT2D eigenvalue weighted by Crippen LogP contribution is 2.20. The monoisotopic (exact) mass is 177 g/mol. The molecular formula is C10H11NO2. The van der Waals surface area contributed by atoms with Crippen LogP contribution in [0.25, 0.3) is 5.57 Å². The van der Waals surface area contributed by atoms with Crippen molar-refractivity contribution in [1.82, 2.24) is 0 Å². The topological polar surface area (TPSA) is 63.3 Å². The van der Waals surface area contributed by atoms with Gasteiger partial charge in [-0.2, -0.15) is 0 Å². The zero-order valence-corrected chi connectivity index (χ0v) is 7.32.